The Labute approximate surface area is 142 Å². The van der Waals surface area contributed by atoms with Crippen molar-refractivity contribution in [2.24, 2.45) is 5.92 Å². The van der Waals surface area contributed by atoms with Crippen LogP contribution in [0.5, 0.6) is 5.75 Å². The van der Waals surface area contributed by atoms with E-state index in [1.54, 1.807) is 12.1 Å². The summed E-state index contributed by atoms with van der Waals surface area (Å²) in [7, 11) is 0. The molecule has 1 aliphatic rings. The summed E-state index contributed by atoms with van der Waals surface area (Å²) in [4.78, 5) is 10.2. The molecular formula is C19H23NO4. The van der Waals surface area contributed by atoms with Gasteiger partial charge in [0.1, 0.15) is 24.1 Å². The van der Waals surface area contributed by atoms with Gasteiger partial charge < -0.3 is 19.5 Å². The second kappa shape index (κ2) is 9.60. The monoisotopic (exact) mass is 329 g/mol. The molecule has 0 fully saturated rings. The number of hydrogen-bond acceptors (Lipinski definition) is 5. The maximum Gasteiger partial charge on any atom is 0.189 e. The molecule has 0 radical (unpaired) electrons. The summed E-state index contributed by atoms with van der Waals surface area (Å²) < 4.78 is 16.9. The van der Waals surface area contributed by atoms with Crippen LogP contribution < -0.4 is 10.1 Å². The van der Waals surface area contributed by atoms with Crippen molar-refractivity contribution in [1.82, 2.24) is 5.32 Å². The van der Waals surface area contributed by atoms with Gasteiger partial charge >= 0.3 is 0 Å². The molecule has 128 valence electrons. The Hall–Kier alpha value is -2.49. The Kier molecular flexibility index (Phi) is 7.15. The molecule has 5 heteroatoms. The molecule has 1 aromatic rings. The zero-order valence-electron chi connectivity index (χ0n) is 14.0. The number of fused-ring (bicyclic) bond motifs is 1. The van der Waals surface area contributed by atoms with E-state index >= 15 is 0 Å². The van der Waals surface area contributed by atoms with Gasteiger partial charge in [0.15, 0.2) is 6.23 Å². The van der Waals surface area contributed by atoms with E-state index in [1.165, 1.54) is 6.08 Å². The van der Waals surface area contributed by atoms with Crippen LogP contribution in [0.15, 0.2) is 48.4 Å². The average molecular weight is 329 g/mol. The summed E-state index contributed by atoms with van der Waals surface area (Å²) in [6.45, 7) is 5.21. The molecule has 1 N–H and O–H groups in total. The van der Waals surface area contributed by atoms with Gasteiger partial charge in [-0.3, -0.25) is 0 Å². The van der Waals surface area contributed by atoms with Crippen LogP contribution in [0.25, 0.3) is 6.08 Å². The molecule has 1 atom stereocenters. The molecule has 1 unspecified atom stereocenters. The minimum atomic E-state index is -0.271. The Balaban J connectivity index is 1.92. The number of carbonyl (C=O) groups excluding carboxylic acids is 1. The van der Waals surface area contributed by atoms with Crippen LogP contribution in [0.2, 0.25) is 0 Å². The van der Waals surface area contributed by atoms with E-state index in [1.807, 2.05) is 36.4 Å². The minimum absolute atomic E-state index is 0.207. The summed E-state index contributed by atoms with van der Waals surface area (Å²) in [6, 6.07) is 7.85. The van der Waals surface area contributed by atoms with Gasteiger partial charge in [0.05, 0.1) is 13.2 Å². The highest BCUT2D eigenvalue weighted by Gasteiger charge is 2.13. The third-order valence-corrected chi connectivity index (χ3v) is 3.16. The van der Waals surface area contributed by atoms with E-state index in [4.69, 9.17) is 14.2 Å². The van der Waals surface area contributed by atoms with Crippen LogP contribution in [-0.2, 0) is 14.3 Å². The number of para-hydroxylation sites is 1. The predicted molar refractivity (Wildman–Crippen MR) is 93.0 cm³/mol. The van der Waals surface area contributed by atoms with Gasteiger partial charge in [-0.25, -0.2) is 4.79 Å². The number of rotatable bonds is 9. The molecule has 1 heterocycles. The highest BCUT2D eigenvalue weighted by Crippen LogP contribution is 2.24. The molecular weight excluding hydrogens is 306 g/mol. The summed E-state index contributed by atoms with van der Waals surface area (Å²) >= 11 is 0. The summed E-state index contributed by atoms with van der Waals surface area (Å²) in [6.07, 6.45) is 6.72. The molecule has 0 bridgehead atoms. The first-order chi connectivity index (χ1) is 11.7. The van der Waals surface area contributed by atoms with E-state index in [0.717, 1.165) is 11.3 Å². The van der Waals surface area contributed by atoms with Crippen LogP contribution in [-0.4, -0.2) is 32.0 Å². The standard InChI is InChI=1S/C19H23NO4/c1-15(2)13-23-17(14-22-11-5-10-21)12-20-19-9-8-16-6-3-4-7-18(16)24-19/h3-9,12,15,19-20H,11,13-14H2,1-2H3/b17-12+. The van der Waals surface area contributed by atoms with Crippen LogP contribution in [0.4, 0.5) is 0 Å². The van der Waals surface area contributed by atoms with E-state index < -0.39 is 0 Å². The average Bonchev–Trinajstić information content (AvgIpc) is 2.60. The van der Waals surface area contributed by atoms with Gasteiger partial charge in [0.2, 0.25) is 0 Å². The maximum atomic E-state index is 10.2. The topological polar surface area (TPSA) is 56.8 Å². The first-order valence-electron chi connectivity index (χ1n) is 7.98. The van der Waals surface area contributed by atoms with Crippen molar-refractivity contribution in [3.63, 3.8) is 0 Å². The minimum Gasteiger partial charge on any atom is -0.494 e. The number of hydrogen-bond donors (Lipinski definition) is 1. The zero-order chi connectivity index (χ0) is 17.2. The normalized spacial score (nSPS) is 16.1. The Morgan fingerprint density at radius 2 is 2.25 bits per heavy atom. The van der Waals surface area contributed by atoms with Crippen LogP contribution in [0.1, 0.15) is 19.4 Å². The van der Waals surface area contributed by atoms with E-state index in [2.05, 4.69) is 19.2 Å². The fourth-order valence-electron chi connectivity index (χ4n) is 2.01. The lowest BCUT2D eigenvalue weighted by atomic mass is 10.1. The molecule has 1 aliphatic heterocycles. The molecule has 0 saturated heterocycles. The van der Waals surface area contributed by atoms with E-state index in [9.17, 15) is 4.79 Å². The van der Waals surface area contributed by atoms with Gasteiger partial charge in [-0.05, 0) is 24.1 Å². The number of benzene rings is 1. The van der Waals surface area contributed by atoms with Crippen molar-refractivity contribution in [3.8, 4) is 5.75 Å². The SMILES string of the molecule is CC(C)CO/C(=C/NC1C=Cc2ccccc2O1)COCC=C=O. The van der Waals surface area contributed by atoms with Crippen molar-refractivity contribution in [2.75, 3.05) is 19.8 Å². The maximum absolute atomic E-state index is 10.2. The van der Waals surface area contributed by atoms with E-state index in [-0.39, 0.29) is 19.4 Å². The Bertz CT molecular complexity index is 630. The fourth-order valence-corrected chi connectivity index (χ4v) is 2.01. The molecule has 24 heavy (non-hydrogen) atoms. The number of nitrogens with one attached hydrogen (secondary N) is 1. The highest BCUT2D eigenvalue weighted by atomic mass is 16.5. The van der Waals surface area contributed by atoms with Crippen LogP contribution in [0.3, 0.4) is 0 Å². The van der Waals surface area contributed by atoms with Gasteiger partial charge in [-0.2, -0.15) is 0 Å². The third-order valence-electron chi connectivity index (χ3n) is 3.16. The zero-order valence-corrected chi connectivity index (χ0v) is 14.0. The van der Waals surface area contributed by atoms with Gasteiger partial charge in [-0.1, -0.05) is 32.0 Å². The summed E-state index contributed by atoms with van der Waals surface area (Å²) in [5.74, 6) is 3.57. The summed E-state index contributed by atoms with van der Waals surface area (Å²) in [5, 5.41) is 3.16. The second-order valence-corrected chi connectivity index (χ2v) is 5.75. The lowest BCUT2D eigenvalue weighted by molar-refractivity contribution is 0.0993. The third kappa shape index (κ3) is 5.95. The second-order valence-electron chi connectivity index (χ2n) is 5.75. The van der Waals surface area contributed by atoms with Gasteiger partial charge in [0, 0.05) is 17.8 Å². The Morgan fingerprint density at radius 3 is 3.04 bits per heavy atom. The van der Waals surface area contributed by atoms with Crippen molar-refractivity contribution in [1.29, 1.82) is 0 Å². The van der Waals surface area contributed by atoms with Crippen LogP contribution in [0, 0.1) is 5.92 Å². The smallest absolute Gasteiger partial charge is 0.189 e. The quantitative estimate of drug-likeness (QED) is 0.429. The number of ether oxygens (including phenoxy) is 3. The van der Waals surface area contributed by atoms with Gasteiger partial charge in [-0.15, -0.1) is 0 Å². The molecule has 0 aliphatic carbocycles. The first-order valence-corrected chi connectivity index (χ1v) is 7.98. The van der Waals surface area contributed by atoms with Crippen molar-refractivity contribution in [2.45, 2.75) is 20.1 Å². The molecule has 1 aromatic carbocycles. The van der Waals surface area contributed by atoms with Gasteiger partial charge in [0.25, 0.3) is 0 Å². The lowest BCUT2D eigenvalue weighted by Gasteiger charge is -2.22. The van der Waals surface area contributed by atoms with E-state index in [0.29, 0.717) is 18.3 Å². The fraction of sp³-hybridized carbons (Fsp3) is 0.368. The first kappa shape index (κ1) is 17.9. The Morgan fingerprint density at radius 1 is 1.42 bits per heavy atom. The van der Waals surface area contributed by atoms with Crippen molar-refractivity contribution in [3.05, 3.63) is 53.9 Å². The molecule has 0 aromatic heterocycles. The predicted octanol–water partition coefficient (Wildman–Crippen LogP) is 2.93. The molecule has 0 saturated carbocycles. The van der Waals surface area contributed by atoms with Crippen LogP contribution >= 0.6 is 0 Å². The lowest BCUT2D eigenvalue weighted by Crippen LogP contribution is -2.31. The largest absolute Gasteiger partial charge is 0.494 e. The molecule has 0 spiro atoms. The molecule has 5 nitrogen and oxygen atoms in total. The van der Waals surface area contributed by atoms with Crippen molar-refractivity contribution >= 4 is 12.0 Å². The highest BCUT2D eigenvalue weighted by molar-refractivity contribution is 5.59. The summed E-state index contributed by atoms with van der Waals surface area (Å²) in [5.41, 5.74) is 1.06. The molecule has 2 rings (SSSR count). The molecule has 0 amide bonds. The van der Waals surface area contributed by atoms with Crippen molar-refractivity contribution < 1.29 is 19.0 Å².